The molecule has 0 heterocycles. The van der Waals surface area contributed by atoms with Gasteiger partial charge in [0.05, 0.1) is 6.54 Å². The van der Waals surface area contributed by atoms with Crippen molar-refractivity contribution in [3.05, 3.63) is 65.5 Å². The van der Waals surface area contributed by atoms with E-state index in [0.717, 1.165) is 12.0 Å². The summed E-state index contributed by atoms with van der Waals surface area (Å²) in [6, 6.07) is 14.4. The lowest BCUT2D eigenvalue weighted by Crippen LogP contribution is -2.31. The SMILES string of the molecule is Cc1cccc(CCC(=O)N(C)CCOc2ccccc2F)c1. The average molecular weight is 315 g/mol. The molecule has 4 heteroatoms. The van der Waals surface area contributed by atoms with Crippen molar-refractivity contribution in [2.24, 2.45) is 0 Å². The number of likely N-dealkylation sites (N-methyl/N-ethyl adjacent to an activating group) is 1. The van der Waals surface area contributed by atoms with Crippen LogP contribution in [0.15, 0.2) is 48.5 Å². The summed E-state index contributed by atoms with van der Waals surface area (Å²) >= 11 is 0. The van der Waals surface area contributed by atoms with Gasteiger partial charge in [0.25, 0.3) is 0 Å². The van der Waals surface area contributed by atoms with Crippen LogP contribution in [0.5, 0.6) is 5.75 Å². The van der Waals surface area contributed by atoms with Crippen LogP contribution in [0.3, 0.4) is 0 Å². The van der Waals surface area contributed by atoms with Crippen LogP contribution in [0.2, 0.25) is 0 Å². The largest absolute Gasteiger partial charge is 0.489 e. The molecule has 0 aliphatic heterocycles. The second kappa shape index (κ2) is 8.32. The van der Waals surface area contributed by atoms with Gasteiger partial charge in [0.2, 0.25) is 5.91 Å². The number of hydrogen-bond acceptors (Lipinski definition) is 2. The van der Waals surface area contributed by atoms with E-state index in [2.05, 4.69) is 6.07 Å². The van der Waals surface area contributed by atoms with Gasteiger partial charge in [-0.25, -0.2) is 4.39 Å². The van der Waals surface area contributed by atoms with Crippen LogP contribution in [0, 0.1) is 12.7 Å². The minimum atomic E-state index is -0.388. The molecule has 0 saturated carbocycles. The number of rotatable bonds is 7. The lowest BCUT2D eigenvalue weighted by Gasteiger charge is -2.17. The fraction of sp³-hybridized carbons (Fsp3) is 0.316. The Kier molecular flexibility index (Phi) is 6.15. The molecule has 0 saturated heterocycles. The summed E-state index contributed by atoms with van der Waals surface area (Å²) in [5.74, 6) is -0.113. The number of halogens is 1. The molecule has 0 atom stereocenters. The van der Waals surface area contributed by atoms with E-state index in [-0.39, 0.29) is 24.1 Å². The molecule has 0 spiro atoms. The third kappa shape index (κ3) is 5.40. The van der Waals surface area contributed by atoms with Crippen LogP contribution in [0.1, 0.15) is 17.5 Å². The van der Waals surface area contributed by atoms with Crippen LogP contribution in [-0.2, 0) is 11.2 Å². The van der Waals surface area contributed by atoms with Gasteiger partial charge in [0, 0.05) is 13.5 Å². The monoisotopic (exact) mass is 315 g/mol. The fourth-order valence-electron chi connectivity index (χ4n) is 2.29. The Morgan fingerprint density at radius 2 is 1.96 bits per heavy atom. The molecule has 0 radical (unpaired) electrons. The van der Waals surface area contributed by atoms with Gasteiger partial charge < -0.3 is 9.64 Å². The Morgan fingerprint density at radius 3 is 2.70 bits per heavy atom. The van der Waals surface area contributed by atoms with Crippen molar-refractivity contribution in [1.82, 2.24) is 4.90 Å². The van der Waals surface area contributed by atoms with Gasteiger partial charge in [-0.2, -0.15) is 0 Å². The number of benzene rings is 2. The first-order chi connectivity index (χ1) is 11.1. The minimum absolute atomic E-state index is 0.0589. The maximum atomic E-state index is 13.4. The van der Waals surface area contributed by atoms with Crippen molar-refractivity contribution in [2.75, 3.05) is 20.2 Å². The summed E-state index contributed by atoms with van der Waals surface area (Å²) in [4.78, 5) is 13.7. The second-order valence-corrected chi connectivity index (χ2v) is 5.58. The number of para-hydroxylation sites is 1. The first kappa shape index (κ1) is 17.0. The molecular formula is C19H22FNO2. The zero-order chi connectivity index (χ0) is 16.7. The molecule has 2 aromatic carbocycles. The van der Waals surface area contributed by atoms with Crippen LogP contribution in [0.4, 0.5) is 4.39 Å². The topological polar surface area (TPSA) is 29.5 Å². The maximum Gasteiger partial charge on any atom is 0.222 e. The maximum absolute atomic E-state index is 13.4. The van der Waals surface area contributed by atoms with Crippen LogP contribution < -0.4 is 4.74 Å². The molecule has 2 aromatic rings. The van der Waals surface area contributed by atoms with E-state index in [1.807, 2.05) is 25.1 Å². The van der Waals surface area contributed by atoms with E-state index in [9.17, 15) is 9.18 Å². The summed E-state index contributed by atoms with van der Waals surface area (Å²) in [6.45, 7) is 2.74. The van der Waals surface area contributed by atoms with E-state index in [1.54, 1.807) is 30.1 Å². The van der Waals surface area contributed by atoms with Gasteiger partial charge in [-0.05, 0) is 31.0 Å². The number of hydrogen-bond donors (Lipinski definition) is 0. The quantitative estimate of drug-likeness (QED) is 0.781. The molecule has 0 bridgehead atoms. The molecular weight excluding hydrogens is 293 g/mol. The molecule has 0 N–H and O–H groups in total. The zero-order valence-corrected chi connectivity index (χ0v) is 13.6. The fourth-order valence-corrected chi connectivity index (χ4v) is 2.29. The number of ether oxygens (including phenoxy) is 1. The van der Waals surface area contributed by atoms with Gasteiger partial charge >= 0.3 is 0 Å². The van der Waals surface area contributed by atoms with Crippen molar-refractivity contribution < 1.29 is 13.9 Å². The van der Waals surface area contributed by atoms with E-state index in [1.165, 1.54) is 11.6 Å². The number of nitrogens with zero attached hydrogens (tertiary/aromatic N) is 1. The molecule has 0 aromatic heterocycles. The molecule has 0 fully saturated rings. The predicted molar refractivity (Wildman–Crippen MR) is 89.0 cm³/mol. The lowest BCUT2D eigenvalue weighted by molar-refractivity contribution is -0.130. The van der Waals surface area contributed by atoms with E-state index in [0.29, 0.717) is 13.0 Å². The normalized spacial score (nSPS) is 10.4. The Bertz CT molecular complexity index is 657. The van der Waals surface area contributed by atoms with Gasteiger partial charge in [0.1, 0.15) is 6.61 Å². The van der Waals surface area contributed by atoms with E-state index < -0.39 is 0 Å². The van der Waals surface area contributed by atoms with Gasteiger partial charge in [-0.15, -0.1) is 0 Å². The standard InChI is InChI=1S/C19H22FNO2/c1-15-6-5-7-16(14-15)10-11-19(22)21(2)12-13-23-18-9-4-3-8-17(18)20/h3-9,14H,10-13H2,1-2H3. The van der Waals surface area contributed by atoms with Crippen LogP contribution >= 0.6 is 0 Å². The van der Waals surface area contributed by atoms with Crippen molar-refractivity contribution in [1.29, 1.82) is 0 Å². The van der Waals surface area contributed by atoms with Gasteiger partial charge in [-0.1, -0.05) is 42.0 Å². The van der Waals surface area contributed by atoms with Crippen molar-refractivity contribution in [3.8, 4) is 5.75 Å². The highest BCUT2D eigenvalue weighted by molar-refractivity contribution is 5.76. The summed E-state index contributed by atoms with van der Waals surface area (Å²) < 4.78 is 18.8. The highest BCUT2D eigenvalue weighted by atomic mass is 19.1. The Balaban J connectivity index is 1.73. The lowest BCUT2D eigenvalue weighted by atomic mass is 10.1. The minimum Gasteiger partial charge on any atom is -0.489 e. The molecule has 23 heavy (non-hydrogen) atoms. The number of aryl methyl sites for hydroxylation is 2. The highest BCUT2D eigenvalue weighted by Gasteiger charge is 2.09. The highest BCUT2D eigenvalue weighted by Crippen LogP contribution is 2.15. The Hall–Kier alpha value is -2.36. The molecule has 1 amide bonds. The molecule has 0 unspecified atom stereocenters. The first-order valence-electron chi connectivity index (χ1n) is 7.73. The summed E-state index contributed by atoms with van der Waals surface area (Å²) in [6.07, 6.45) is 1.18. The number of carbonyl (C=O) groups excluding carboxylic acids is 1. The summed E-state index contributed by atoms with van der Waals surface area (Å²) in [7, 11) is 1.74. The molecule has 0 aliphatic carbocycles. The first-order valence-corrected chi connectivity index (χ1v) is 7.73. The smallest absolute Gasteiger partial charge is 0.222 e. The third-order valence-electron chi connectivity index (χ3n) is 3.66. The van der Waals surface area contributed by atoms with Crippen LogP contribution in [0.25, 0.3) is 0 Å². The third-order valence-corrected chi connectivity index (χ3v) is 3.66. The predicted octanol–water partition coefficient (Wildman–Crippen LogP) is 3.60. The average Bonchev–Trinajstić information content (AvgIpc) is 2.54. The summed E-state index contributed by atoms with van der Waals surface area (Å²) in [5.41, 5.74) is 2.36. The van der Waals surface area contributed by atoms with Crippen LogP contribution in [-0.4, -0.2) is 31.0 Å². The molecule has 2 rings (SSSR count). The number of amides is 1. The number of carbonyl (C=O) groups is 1. The van der Waals surface area contributed by atoms with Gasteiger partial charge in [0.15, 0.2) is 11.6 Å². The Morgan fingerprint density at radius 1 is 1.17 bits per heavy atom. The second-order valence-electron chi connectivity index (χ2n) is 5.58. The van der Waals surface area contributed by atoms with Crippen molar-refractivity contribution >= 4 is 5.91 Å². The van der Waals surface area contributed by atoms with Crippen molar-refractivity contribution in [3.63, 3.8) is 0 Å². The summed E-state index contributed by atoms with van der Waals surface area (Å²) in [5, 5.41) is 0. The van der Waals surface area contributed by atoms with E-state index in [4.69, 9.17) is 4.74 Å². The van der Waals surface area contributed by atoms with Crippen molar-refractivity contribution in [2.45, 2.75) is 19.8 Å². The zero-order valence-electron chi connectivity index (χ0n) is 13.6. The van der Waals surface area contributed by atoms with Gasteiger partial charge in [-0.3, -0.25) is 4.79 Å². The Labute approximate surface area is 136 Å². The molecule has 3 nitrogen and oxygen atoms in total. The molecule has 122 valence electrons. The van der Waals surface area contributed by atoms with E-state index >= 15 is 0 Å². The molecule has 0 aliphatic rings.